The quantitative estimate of drug-likeness (QED) is 0.381. The Hall–Kier alpha value is 1.16. The molecule has 0 radical (unpaired) electrons. The molecule has 0 aromatic heterocycles. The van der Waals surface area contributed by atoms with Crippen LogP contribution in [-0.2, 0) is 25.9 Å². The Balaban J connectivity index is 0.00000196. The summed E-state index contributed by atoms with van der Waals surface area (Å²) in [5.74, 6) is 0. The number of hydrogen-bond donors (Lipinski definition) is 0. The van der Waals surface area contributed by atoms with Crippen LogP contribution in [-0.4, -0.2) is 8.42 Å². The molecule has 0 fully saturated rings. The van der Waals surface area contributed by atoms with E-state index in [1.807, 2.05) is 26.8 Å². The van der Waals surface area contributed by atoms with Gasteiger partial charge in [0.25, 0.3) is 0 Å². The molecule has 0 aliphatic rings. The predicted octanol–water partition coefficient (Wildman–Crippen LogP) is -0.776. The van der Waals surface area contributed by atoms with Crippen molar-refractivity contribution in [3.63, 3.8) is 0 Å². The minimum absolute atomic E-state index is 0. The standard InChI is InChI=1S/C10H14O2S2.K/c1-10(2,3)8-5-4-6-9(7-8)14(11,12)13;/h4-7H,1-3H3,(H,11,12,13);/q;+1/p-1. The van der Waals surface area contributed by atoms with Crippen LogP contribution >= 0.6 is 0 Å². The molecule has 1 aromatic rings. The third-order valence-electron chi connectivity index (χ3n) is 1.99. The van der Waals surface area contributed by atoms with Gasteiger partial charge in [-0.3, -0.25) is 0 Å². The zero-order valence-electron chi connectivity index (χ0n) is 9.44. The molecule has 0 heterocycles. The molecule has 78 valence electrons. The maximum atomic E-state index is 11.1. The maximum Gasteiger partial charge on any atom is 1.00 e. The van der Waals surface area contributed by atoms with E-state index in [-0.39, 0.29) is 61.7 Å². The van der Waals surface area contributed by atoms with Gasteiger partial charge in [-0.2, -0.15) is 0 Å². The third kappa shape index (κ3) is 4.89. The van der Waals surface area contributed by atoms with E-state index in [1.54, 1.807) is 12.1 Å². The number of hydrogen-bond acceptors (Lipinski definition) is 3. The smallest absolute Gasteiger partial charge is 0.644 e. The van der Waals surface area contributed by atoms with Crippen molar-refractivity contribution in [3.05, 3.63) is 29.8 Å². The first kappa shape index (κ1) is 16.2. The van der Waals surface area contributed by atoms with Crippen molar-refractivity contribution in [2.75, 3.05) is 0 Å². The van der Waals surface area contributed by atoms with Gasteiger partial charge < -0.3 is 11.7 Å². The average Bonchev–Trinajstić information content (AvgIpc) is 2.01. The van der Waals surface area contributed by atoms with Crippen LogP contribution in [0.4, 0.5) is 0 Å². The van der Waals surface area contributed by atoms with Gasteiger partial charge in [0, 0.05) is 4.90 Å². The zero-order chi connectivity index (χ0) is 11.0. The summed E-state index contributed by atoms with van der Waals surface area (Å²) < 4.78 is 22.3. The van der Waals surface area contributed by atoms with Crippen LogP contribution in [0.1, 0.15) is 26.3 Å². The van der Waals surface area contributed by atoms with Crippen LogP contribution in [0.5, 0.6) is 0 Å². The molecule has 1 aromatic carbocycles. The second kappa shape index (κ2) is 5.66. The van der Waals surface area contributed by atoms with Gasteiger partial charge >= 0.3 is 51.4 Å². The molecule has 1 rings (SSSR count). The molecule has 0 atom stereocenters. The normalized spacial score (nSPS) is 12.0. The molecule has 0 spiro atoms. The number of benzene rings is 1. The van der Waals surface area contributed by atoms with Crippen molar-refractivity contribution in [1.82, 2.24) is 0 Å². The van der Waals surface area contributed by atoms with Gasteiger partial charge in [0.05, 0.1) is 8.87 Å². The molecule has 0 N–H and O–H groups in total. The fourth-order valence-electron chi connectivity index (χ4n) is 1.12. The molecule has 0 bridgehead atoms. The first-order chi connectivity index (χ1) is 6.21. The van der Waals surface area contributed by atoms with Crippen molar-refractivity contribution in [2.45, 2.75) is 31.1 Å². The van der Waals surface area contributed by atoms with E-state index >= 15 is 0 Å². The fourth-order valence-corrected chi connectivity index (χ4v) is 1.95. The van der Waals surface area contributed by atoms with Crippen molar-refractivity contribution in [1.29, 1.82) is 0 Å². The molecule has 0 saturated carbocycles. The second-order valence-corrected chi connectivity index (χ2v) is 6.93. The van der Waals surface area contributed by atoms with E-state index in [9.17, 15) is 8.42 Å². The summed E-state index contributed by atoms with van der Waals surface area (Å²) in [7, 11) is -3.50. The van der Waals surface area contributed by atoms with Crippen LogP contribution in [0, 0.1) is 0 Å². The fraction of sp³-hybridized carbons (Fsp3) is 0.400. The molecule has 5 heteroatoms. The molecule has 0 amide bonds. The summed E-state index contributed by atoms with van der Waals surface area (Å²) in [6.07, 6.45) is 0. The third-order valence-corrected chi connectivity index (χ3v) is 3.40. The predicted molar refractivity (Wildman–Crippen MR) is 59.7 cm³/mol. The maximum absolute atomic E-state index is 11.1. The molecular weight excluding hydrogens is 255 g/mol. The Labute approximate surface area is 139 Å². The summed E-state index contributed by atoms with van der Waals surface area (Å²) in [6, 6.07) is 6.80. The van der Waals surface area contributed by atoms with E-state index in [2.05, 4.69) is 11.7 Å². The Morgan fingerprint density at radius 3 is 2.13 bits per heavy atom. The van der Waals surface area contributed by atoms with Gasteiger partial charge in [0.2, 0.25) is 0 Å². The molecular formula is C10H13KO2S2. The molecule has 0 aliphatic carbocycles. The monoisotopic (exact) mass is 268 g/mol. The van der Waals surface area contributed by atoms with Gasteiger partial charge in [0.15, 0.2) is 0 Å². The van der Waals surface area contributed by atoms with Crippen LogP contribution < -0.4 is 51.4 Å². The Morgan fingerprint density at radius 2 is 1.73 bits per heavy atom. The Morgan fingerprint density at radius 1 is 1.20 bits per heavy atom. The first-order valence-corrected chi connectivity index (χ1v) is 6.68. The van der Waals surface area contributed by atoms with Crippen molar-refractivity contribution < 1.29 is 59.8 Å². The van der Waals surface area contributed by atoms with Gasteiger partial charge in [-0.1, -0.05) is 32.9 Å². The first-order valence-electron chi connectivity index (χ1n) is 4.28. The summed E-state index contributed by atoms with van der Waals surface area (Å²) in [6.45, 7) is 6.09. The van der Waals surface area contributed by atoms with Crippen LogP contribution in [0.2, 0.25) is 0 Å². The summed E-state index contributed by atoms with van der Waals surface area (Å²) in [5.41, 5.74) is 0.916. The molecule has 0 unspecified atom stereocenters. The van der Waals surface area contributed by atoms with Gasteiger partial charge in [-0.25, -0.2) is 8.42 Å². The minimum atomic E-state index is -3.50. The summed E-state index contributed by atoms with van der Waals surface area (Å²) in [4.78, 5) is 0.208. The molecule has 0 aliphatic heterocycles. The minimum Gasteiger partial charge on any atom is -0.644 e. The van der Waals surface area contributed by atoms with E-state index < -0.39 is 8.87 Å². The second-order valence-electron chi connectivity index (χ2n) is 4.23. The van der Waals surface area contributed by atoms with E-state index in [0.717, 1.165) is 5.56 Å². The largest absolute Gasteiger partial charge is 1.00 e. The van der Waals surface area contributed by atoms with Crippen molar-refractivity contribution >= 4 is 20.5 Å². The van der Waals surface area contributed by atoms with Gasteiger partial charge in [-0.15, -0.1) is 0 Å². The summed E-state index contributed by atoms with van der Waals surface area (Å²) >= 11 is 4.41. The number of rotatable bonds is 1. The SMILES string of the molecule is CC(C)(C)c1cccc(S(=O)(=O)[S-])c1.[K+]. The summed E-state index contributed by atoms with van der Waals surface area (Å²) in [5, 5.41) is 0. The van der Waals surface area contributed by atoms with Gasteiger partial charge in [0.1, 0.15) is 0 Å². The van der Waals surface area contributed by atoms with E-state index in [1.165, 1.54) is 6.07 Å². The van der Waals surface area contributed by atoms with Crippen molar-refractivity contribution in [3.8, 4) is 0 Å². The zero-order valence-corrected chi connectivity index (χ0v) is 14.2. The Bertz CT molecular complexity index is 433. The van der Waals surface area contributed by atoms with Crippen LogP contribution in [0.3, 0.4) is 0 Å². The van der Waals surface area contributed by atoms with Crippen LogP contribution in [0.25, 0.3) is 0 Å². The van der Waals surface area contributed by atoms with E-state index in [0.29, 0.717) is 0 Å². The molecule has 15 heavy (non-hydrogen) atoms. The van der Waals surface area contributed by atoms with Gasteiger partial charge in [-0.05, 0) is 23.1 Å². The average molecular weight is 268 g/mol. The van der Waals surface area contributed by atoms with E-state index in [4.69, 9.17) is 0 Å². The topological polar surface area (TPSA) is 34.1 Å². The van der Waals surface area contributed by atoms with Crippen molar-refractivity contribution in [2.24, 2.45) is 0 Å². The molecule has 2 nitrogen and oxygen atoms in total. The molecule has 0 saturated heterocycles. The Kier molecular flexibility index (Phi) is 6.10. The van der Waals surface area contributed by atoms with Crippen LogP contribution in [0.15, 0.2) is 29.2 Å².